The van der Waals surface area contributed by atoms with E-state index in [2.05, 4.69) is 4.74 Å². The number of methoxy groups -OCH3 is 1. The largest absolute Gasteiger partial charge is 0.466 e. The SMILES string of the molecule is CC/C=C\C(=O)OC. The molecule has 0 aromatic rings. The fourth-order valence-corrected chi connectivity index (χ4v) is 0.282. The Balaban J connectivity index is 3.37. The molecule has 0 rings (SSSR count). The highest BCUT2D eigenvalue weighted by molar-refractivity contribution is 5.81. The highest BCUT2D eigenvalue weighted by Crippen LogP contribution is 1.80. The van der Waals surface area contributed by atoms with E-state index in [9.17, 15) is 4.79 Å². The zero-order valence-corrected chi connectivity index (χ0v) is 5.18. The monoisotopic (exact) mass is 114 g/mol. The van der Waals surface area contributed by atoms with Crippen LogP contribution in [-0.4, -0.2) is 13.1 Å². The first kappa shape index (κ1) is 7.21. The van der Waals surface area contributed by atoms with Gasteiger partial charge in [0.05, 0.1) is 7.11 Å². The van der Waals surface area contributed by atoms with Crippen LogP contribution in [0, 0.1) is 0 Å². The second-order valence-electron chi connectivity index (χ2n) is 1.33. The molecule has 0 spiro atoms. The lowest BCUT2D eigenvalue weighted by Gasteiger charge is -1.86. The molecule has 0 N–H and O–H groups in total. The van der Waals surface area contributed by atoms with E-state index in [-0.39, 0.29) is 5.97 Å². The van der Waals surface area contributed by atoms with Crippen molar-refractivity contribution in [3.8, 4) is 0 Å². The quantitative estimate of drug-likeness (QED) is 0.397. The van der Waals surface area contributed by atoms with Gasteiger partial charge in [-0.2, -0.15) is 0 Å². The Bertz CT molecular complexity index is 94.7. The van der Waals surface area contributed by atoms with Gasteiger partial charge in [0.15, 0.2) is 0 Å². The molecule has 0 atom stereocenters. The summed E-state index contributed by atoms with van der Waals surface area (Å²) in [5, 5.41) is 0. The Morgan fingerprint density at radius 1 is 1.75 bits per heavy atom. The summed E-state index contributed by atoms with van der Waals surface area (Å²) in [6, 6.07) is 0. The number of ether oxygens (including phenoxy) is 1. The number of carbonyl (C=O) groups is 1. The minimum Gasteiger partial charge on any atom is -0.466 e. The van der Waals surface area contributed by atoms with Crippen molar-refractivity contribution in [2.75, 3.05) is 7.11 Å². The van der Waals surface area contributed by atoms with Crippen LogP contribution in [0.25, 0.3) is 0 Å². The Kier molecular flexibility index (Phi) is 3.94. The molecular weight excluding hydrogens is 104 g/mol. The topological polar surface area (TPSA) is 26.3 Å². The van der Waals surface area contributed by atoms with Gasteiger partial charge in [-0.3, -0.25) is 0 Å². The first-order chi connectivity index (χ1) is 3.81. The number of esters is 1. The van der Waals surface area contributed by atoms with Crippen molar-refractivity contribution >= 4 is 5.97 Å². The number of rotatable bonds is 2. The van der Waals surface area contributed by atoms with Crippen molar-refractivity contribution in [2.45, 2.75) is 13.3 Å². The third-order valence-corrected chi connectivity index (χ3v) is 0.691. The van der Waals surface area contributed by atoms with Crippen LogP contribution in [0.1, 0.15) is 13.3 Å². The molecule has 46 valence electrons. The predicted octanol–water partition coefficient (Wildman–Crippen LogP) is 1.13. The highest BCUT2D eigenvalue weighted by atomic mass is 16.5. The molecule has 0 aliphatic heterocycles. The van der Waals surface area contributed by atoms with Crippen molar-refractivity contribution in [3.05, 3.63) is 12.2 Å². The van der Waals surface area contributed by atoms with Gasteiger partial charge in [-0.15, -0.1) is 0 Å². The molecule has 0 unspecified atom stereocenters. The van der Waals surface area contributed by atoms with Crippen molar-refractivity contribution in [3.63, 3.8) is 0 Å². The molecule has 0 radical (unpaired) electrons. The van der Waals surface area contributed by atoms with E-state index in [1.165, 1.54) is 13.2 Å². The number of carbonyl (C=O) groups excluding carboxylic acids is 1. The van der Waals surface area contributed by atoms with E-state index in [1.54, 1.807) is 6.08 Å². The second kappa shape index (κ2) is 4.37. The minimum atomic E-state index is -0.285. The minimum absolute atomic E-state index is 0.285. The molecule has 2 heteroatoms. The first-order valence-corrected chi connectivity index (χ1v) is 2.55. The van der Waals surface area contributed by atoms with E-state index >= 15 is 0 Å². The molecule has 0 aromatic heterocycles. The van der Waals surface area contributed by atoms with Gasteiger partial charge in [0.2, 0.25) is 0 Å². The molecule has 0 saturated carbocycles. The fraction of sp³-hybridized carbons (Fsp3) is 0.500. The predicted molar refractivity (Wildman–Crippen MR) is 31.4 cm³/mol. The standard InChI is InChI=1S/C6H10O2/c1-3-4-5-6(7)8-2/h4-5H,3H2,1-2H3/b5-4-. The average Bonchev–Trinajstić information content (AvgIpc) is 1.83. The first-order valence-electron chi connectivity index (χ1n) is 2.55. The van der Waals surface area contributed by atoms with Gasteiger partial charge in [0.1, 0.15) is 0 Å². The maximum atomic E-state index is 10.3. The summed E-state index contributed by atoms with van der Waals surface area (Å²) in [4.78, 5) is 10.3. The number of allylic oxidation sites excluding steroid dienone is 1. The normalized spacial score (nSPS) is 9.75. The molecule has 8 heavy (non-hydrogen) atoms. The van der Waals surface area contributed by atoms with Crippen LogP contribution < -0.4 is 0 Å². The van der Waals surface area contributed by atoms with Crippen molar-refractivity contribution in [1.82, 2.24) is 0 Å². The summed E-state index contributed by atoms with van der Waals surface area (Å²) < 4.78 is 4.33. The second-order valence-corrected chi connectivity index (χ2v) is 1.33. The van der Waals surface area contributed by atoms with Crippen LogP contribution in [0.15, 0.2) is 12.2 Å². The van der Waals surface area contributed by atoms with Crippen molar-refractivity contribution in [1.29, 1.82) is 0 Å². The van der Waals surface area contributed by atoms with Gasteiger partial charge in [-0.05, 0) is 6.42 Å². The maximum Gasteiger partial charge on any atom is 0.330 e. The van der Waals surface area contributed by atoms with Gasteiger partial charge in [-0.25, -0.2) is 4.79 Å². The number of hydrogen-bond donors (Lipinski definition) is 0. The Morgan fingerprint density at radius 3 is 2.75 bits per heavy atom. The lowest BCUT2D eigenvalue weighted by Crippen LogP contribution is -1.92. The highest BCUT2D eigenvalue weighted by Gasteiger charge is 1.85. The van der Waals surface area contributed by atoms with E-state index in [0.717, 1.165) is 6.42 Å². The summed E-state index contributed by atoms with van der Waals surface area (Å²) in [6.45, 7) is 1.96. The molecule has 0 aliphatic rings. The van der Waals surface area contributed by atoms with E-state index < -0.39 is 0 Å². The van der Waals surface area contributed by atoms with E-state index in [4.69, 9.17) is 0 Å². The van der Waals surface area contributed by atoms with Gasteiger partial charge in [-0.1, -0.05) is 13.0 Å². The summed E-state index contributed by atoms with van der Waals surface area (Å²) in [7, 11) is 1.36. The lowest BCUT2D eigenvalue weighted by atomic mass is 10.4. The van der Waals surface area contributed by atoms with Crippen LogP contribution in [0.5, 0.6) is 0 Å². The molecule has 0 amide bonds. The van der Waals surface area contributed by atoms with Crippen molar-refractivity contribution < 1.29 is 9.53 Å². The zero-order valence-electron chi connectivity index (χ0n) is 5.18. The fourth-order valence-electron chi connectivity index (χ4n) is 0.282. The smallest absolute Gasteiger partial charge is 0.330 e. The van der Waals surface area contributed by atoms with Crippen LogP contribution >= 0.6 is 0 Å². The van der Waals surface area contributed by atoms with E-state index in [0.29, 0.717) is 0 Å². The van der Waals surface area contributed by atoms with Gasteiger partial charge < -0.3 is 4.74 Å². The molecule has 0 heterocycles. The maximum absolute atomic E-state index is 10.3. The molecule has 0 bridgehead atoms. The molecule has 0 saturated heterocycles. The zero-order chi connectivity index (χ0) is 6.41. The molecule has 0 fully saturated rings. The van der Waals surface area contributed by atoms with Crippen LogP contribution in [0.3, 0.4) is 0 Å². The van der Waals surface area contributed by atoms with E-state index in [1.807, 2.05) is 6.92 Å². The molecule has 0 aromatic carbocycles. The summed E-state index contributed by atoms with van der Waals surface area (Å²) in [6.07, 6.45) is 4.04. The third kappa shape index (κ3) is 3.40. The lowest BCUT2D eigenvalue weighted by molar-refractivity contribution is -0.134. The van der Waals surface area contributed by atoms with Crippen LogP contribution in [0.4, 0.5) is 0 Å². The number of hydrogen-bond acceptors (Lipinski definition) is 2. The van der Waals surface area contributed by atoms with Crippen LogP contribution in [-0.2, 0) is 9.53 Å². The molecular formula is C6H10O2. The summed E-state index contributed by atoms with van der Waals surface area (Å²) in [5.74, 6) is -0.285. The van der Waals surface area contributed by atoms with Gasteiger partial charge >= 0.3 is 5.97 Å². The Labute approximate surface area is 49.1 Å². The van der Waals surface area contributed by atoms with Crippen molar-refractivity contribution in [2.24, 2.45) is 0 Å². The summed E-state index contributed by atoms with van der Waals surface area (Å²) in [5.41, 5.74) is 0. The van der Waals surface area contributed by atoms with Gasteiger partial charge in [0, 0.05) is 6.08 Å². The summed E-state index contributed by atoms with van der Waals surface area (Å²) >= 11 is 0. The molecule has 0 aliphatic carbocycles. The average molecular weight is 114 g/mol. The van der Waals surface area contributed by atoms with Crippen LogP contribution in [0.2, 0.25) is 0 Å². The third-order valence-electron chi connectivity index (χ3n) is 0.691. The van der Waals surface area contributed by atoms with Gasteiger partial charge in [0.25, 0.3) is 0 Å². The Hall–Kier alpha value is -0.790. The Morgan fingerprint density at radius 2 is 2.38 bits per heavy atom. The molecule has 2 nitrogen and oxygen atoms in total.